The van der Waals surface area contributed by atoms with Crippen molar-refractivity contribution in [2.45, 2.75) is 11.8 Å². The highest BCUT2D eigenvalue weighted by atomic mass is 32.2. The van der Waals surface area contributed by atoms with Crippen molar-refractivity contribution in [2.75, 3.05) is 11.6 Å². The van der Waals surface area contributed by atoms with Gasteiger partial charge in [-0.2, -0.15) is 0 Å². The predicted octanol–water partition coefficient (Wildman–Crippen LogP) is 2.47. The molecule has 1 heterocycles. The highest BCUT2D eigenvalue weighted by molar-refractivity contribution is 7.84. The minimum Gasteiger partial charge on any atom is -0.316 e. The molecule has 0 bridgehead atoms. The Morgan fingerprint density at radius 1 is 1.04 bits per heavy atom. The second kappa shape index (κ2) is 7.13. The van der Waals surface area contributed by atoms with Gasteiger partial charge in [0.1, 0.15) is 5.69 Å². The zero-order chi connectivity index (χ0) is 18.8. The summed E-state index contributed by atoms with van der Waals surface area (Å²) in [5.74, 6) is -0.385. The third kappa shape index (κ3) is 3.25. The van der Waals surface area contributed by atoms with Crippen LogP contribution in [0.25, 0.3) is 5.69 Å². The number of aromatic nitrogens is 2. The highest BCUT2D eigenvalue weighted by Crippen LogP contribution is 2.15. The van der Waals surface area contributed by atoms with E-state index in [2.05, 4.69) is 5.32 Å². The zero-order valence-corrected chi connectivity index (χ0v) is 15.5. The Balaban J connectivity index is 1.94. The second-order valence-corrected chi connectivity index (χ2v) is 7.25. The van der Waals surface area contributed by atoms with E-state index in [1.54, 1.807) is 49.2 Å². The molecule has 2 aromatic carbocycles. The lowest BCUT2D eigenvalue weighted by Gasteiger charge is -2.07. The number of carbonyl (C=O) groups excluding carboxylic acids is 1. The van der Waals surface area contributed by atoms with Gasteiger partial charge in [-0.3, -0.25) is 18.5 Å². The number of amides is 1. The molecule has 0 spiro atoms. The van der Waals surface area contributed by atoms with Gasteiger partial charge in [-0.1, -0.05) is 18.2 Å². The van der Waals surface area contributed by atoms with Crippen molar-refractivity contribution >= 4 is 22.4 Å². The number of anilines is 1. The van der Waals surface area contributed by atoms with E-state index in [-0.39, 0.29) is 17.2 Å². The number of nitrogens with one attached hydrogen (secondary N) is 1. The van der Waals surface area contributed by atoms with Crippen LogP contribution < -0.4 is 10.9 Å². The topological polar surface area (TPSA) is 73.1 Å². The number of para-hydroxylation sites is 1. The summed E-state index contributed by atoms with van der Waals surface area (Å²) in [6.07, 6.45) is 1.58. The van der Waals surface area contributed by atoms with Gasteiger partial charge in [-0.05, 0) is 43.3 Å². The van der Waals surface area contributed by atoms with Gasteiger partial charge in [0, 0.05) is 34.6 Å². The van der Waals surface area contributed by atoms with Crippen LogP contribution in [0.3, 0.4) is 0 Å². The van der Waals surface area contributed by atoms with Gasteiger partial charge in [-0.25, -0.2) is 4.68 Å². The summed E-state index contributed by atoms with van der Waals surface area (Å²) >= 11 is 0. The quantitative estimate of drug-likeness (QED) is 0.768. The zero-order valence-electron chi connectivity index (χ0n) is 14.7. The van der Waals surface area contributed by atoms with Crippen molar-refractivity contribution in [2.24, 2.45) is 7.05 Å². The van der Waals surface area contributed by atoms with Crippen LogP contribution in [0.4, 0.5) is 5.69 Å². The van der Waals surface area contributed by atoms with Crippen molar-refractivity contribution in [1.82, 2.24) is 9.36 Å². The van der Waals surface area contributed by atoms with Gasteiger partial charge in [-0.15, -0.1) is 0 Å². The van der Waals surface area contributed by atoms with Crippen LogP contribution in [-0.4, -0.2) is 25.7 Å². The Labute approximate surface area is 153 Å². The normalized spacial score (nSPS) is 12.0. The van der Waals surface area contributed by atoms with E-state index in [1.165, 1.54) is 4.68 Å². The molecular weight excluding hydrogens is 350 g/mol. The van der Waals surface area contributed by atoms with Gasteiger partial charge >= 0.3 is 0 Å². The molecule has 0 fully saturated rings. The molecule has 3 rings (SSSR count). The third-order valence-corrected chi connectivity index (χ3v) is 5.18. The largest absolute Gasteiger partial charge is 0.316 e. The third-order valence-electron chi connectivity index (χ3n) is 4.24. The summed E-state index contributed by atoms with van der Waals surface area (Å²) in [6, 6.07) is 15.7. The Bertz CT molecular complexity index is 1030. The summed E-state index contributed by atoms with van der Waals surface area (Å²) in [4.78, 5) is 26.0. The highest BCUT2D eigenvalue weighted by Gasteiger charge is 2.18. The lowest BCUT2D eigenvalue weighted by Crippen LogP contribution is -2.22. The first-order valence-corrected chi connectivity index (χ1v) is 9.55. The molecule has 0 aliphatic carbocycles. The van der Waals surface area contributed by atoms with Crippen LogP contribution in [0.5, 0.6) is 0 Å². The molecule has 1 aromatic heterocycles. The van der Waals surface area contributed by atoms with Crippen molar-refractivity contribution in [3.63, 3.8) is 0 Å². The van der Waals surface area contributed by atoms with Gasteiger partial charge in [0.2, 0.25) is 0 Å². The average molecular weight is 369 g/mol. The van der Waals surface area contributed by atoms with E-state index in [0.717, 1.165) is 5.69 Å². The van der Waals surface area contributed by atoms with Crippen molar-refractivity contribution in [3.05, 3.63) is 76.2 Å². The molecule has 6 nitrogen and oxygen atoms in total. The smallest absolute Gasteiger partial charge is 0.295 e. The molecule has 0 saturated heterocycles. The van der Waals surface area contributed by atoms with E-state index in [9.17, 15) is 13.8 Å². The standard InChI is InChI=1S/C19H19N3O3S/c1-13-17(19(24)22(21(13)2)15-7-5-4-6-8-15)20-18(23)14-9-11-16(12-10-14)26(3)25/h4-12H,1-3H3,(H,20,23). The van der Waals surface area contributed by atoms with Crippen LogP contribution in [0.1, 0.15) is 16.1 Å². The lowest BCUT2D eigenvalue weighted by molar-refractivity contribution is 0.102. The molecule has 1 atom stereocenters. The van der Waals surface area contributed by atoms with Crippen molar-refractivity contribution in [1.29, 1.82) is 0 Å². The van der Waals surface area contributed by atoms with Crippen LogP contribution in [-0.2, 0) is 17.8 Å². The van der Waals surface area contributed by atoms with Gasteiger partial charge in [0.15, 0.2) is 0 Å². The molecular formula is C19H19N3O3S. The molecule has 26 heavy (non-hydrogen) atoms. The molecule has 0 aliphatic heterocycles. The lowest BCUT2D eigenvalue weighted by atomic mass is 10.2. The second-order valence-electron chi connectivity index (χ2n) is 5.87. The first-order valence-electron chi connectivity index (χ1n) is 7.99. The Morgan fingerprint density at radius 2 is 1.65 bits per heavy atom. The molecule has 7 heteroatoms. The van der Waals surface area contributed by atoms with Gasteiger partial charge in [0.25, 0.3) is 11.5 Å². The average Bonchev–Trinajstić information content (AvgIpc) is 2.86. The molecule has 0 saturated carbocycles. The van der Waals surface area contributed by atoms with Crippen LogP contribution >= 0.6 is 0 Å². The van der Waals surface area contributed by atoms with Crippen LogP contribution in [0, 0.1) is 6.92 Å². The van der Waals surface area contributed by atoms with E-state index < -0.39 is 10.8 Å². The minimum absolute atomic E-state index is 0.240. The molecule has 1 unspecified atom stereocenters. The number of rotatable bonds is 4. The summed E-state index contributed by atoms with van der Waals surface area (Å²) in [7, 11) is 0.664. The molecule has 0 aliphatic rings. The van der Waals surface area contributed by atoms with Gasteiger partial charge < -0.3 is 5.32 Å². The van der Waals surface area contributed by atoms with Gasteiger partial charge in [0.05, 0.1) is 11.4 Å². The molecule has 1 N–H and O–H groups in total. The fraction of sp³-hybridized carbons (Fsp3) is 0.158. The Kier molecular flexibility index (Phi) is 4.90. The van der Waals surface area contributed by atoms with E-state index in [4.69, 9.17) is 0 Å². The summed E-state index contributed by atoms with van der Waals surface area (Å²) in [6.45, 7) is 1.78. The SMILES string of the molecule is Cc1c(NC(=O)c2ccc(S(C)=O)cc2)c(=O)n(-c2ccccc2)n1C. The Morgan fingerprint density at radius 3 is 2.23 bits per heavy atom. The van der Waals surface area contributed by atoms with Crippen molar-refractivity contribution < 1.29 is 9.00 Å². The summed E-state index contributed by atoms with van der Waals surface area (Å²) < 4.78 is 14.7. The number of nitrogens with zero attached hydrogens (tertiary/aromatic N) is 2. The monoisotopic (exact) mass is 369 g/mol. The van der Waals surface area contributed by atoms with Crippen LogP contribution in [0.15, 0.2) is 64.3 Å². The number of benzene rings is 2. The van der Waals surface area contributed by atoms with Crippen LogP contribution in [0.2, 0.25) is 0 Å². The fourth-order valence-electron chi connectivity index (χ4n) is 2.70. The van der Waals surface area contributed by atoms with E-state index >= 15 is 0 Å². The van der Waals surface area contributed by atoms with E-state index in [1.807, 2.05) is 30.3 Å². The number of hydrogen-bond donors (Lipinski definition) is 1. The maximum atomic E-state index is 12.8. The minimum atomic E-state index is -1.11. The molecule has 134 valence electrons. The number of carbonyl (C=O) groups is 1. The molecule has 0 radical (unpaired) electrons. The van der Waals surface area contributed by atoms with Crippen molar-refractivity contribution in [3.8, 4) is 5.69 Å². The molecule has 3 aromatic rings. The summed E-state index contributed by atoms with van der Waals surface area (Å²) in [5, 5.41) is 2.71. The fourth-order valence-corrected chi connectivity index (χ4v) is 3.22. The first-order chi connectivity index (χ1) is 12.4. The van der Waals surface area contributed by atoms with E-state index in [0.29, 0.717) is 16.2 Å². The Hall–Kier alpha value is -2.93. The maximum Gasteiger partial charge on any atom is 0.295 e. The first kappa shape index (κ1) is 17.9. The summed E-state index contributed by atoms with van der Waals surface area (Å²) in [5.41, 5.74) is 1.71. The predicted molar refractivity (Wildman–Crippen MR) is 102 cm³/mol. The maximum absolute atomic E-state index is 12.8. The number of hydrogen-bond acceptors (Lipinski definition) is 3. The molecule has 1 amide bonds.